The van der Waals surface area contributed by atoms with Crippen molar-refractivity contribution >= 4 is 11.9 Å². The molecule has 3 rings (SSSR count). The van der Waals surface area contributed by atoms with Gasteiger partial charge in [-0.2, -0.15) is 0 Å². The van der Waals surface area contributed by atoms with Crippen molar-refractivity contribution in [3.05, 3.63) is 53.1 Å². The molecule has 3 unspecified atom stereocenters. The maximum absolute atomic E-state index is 13.3. The molecular formula is C25H31NO6. The Hall–Kier alpha value is -3.22. The number of amides is 1. The maximum Gasteiger partial charge on any atom is 0.335 e. The van der Waals surface area contributed by atoms with Crippen LogP contribution in [0, 0.1) is 11.8 Å². The third-order valence-electron chi connectivity index (χ3n) is 6.06. The van der Waals surface area contributed by atoms with E-state index in [1.807, 2.05) is 4.90 Å². The van der Waals surface area contributed by atoms with Gasteiger partial charge in [0, 0.05) is 43.1 Å². The average molecular weight is 442 g/mol. The first-order chi connectivity index (χ1) is 15.2. The monoisotopic (exact) mass is 441 g/mol. The van der Waals surface area contributed by atoms with Crippen LogP contribution in [0.3, 0.4) is 0 Å². The zero-order valence-electron chi connectivity index (χ0n) is 19.0. The normalized spacial score (nSPS) is 19.3. The molecule has 0 saturated carbocycles. The van der Waals surface area contributed by atoms with Gasteiger partial charge in [0.2, 0.25) is 5.91 Å². The summed E-state index contributed by atoms with van der Waals surface area (Å²) in [5, 5.41) is 20.1. The fourth-order valence-corrected chi connectivity index (χ4v) is 4.64. The van der Waals surface area contributed by atoms with Crippen LogP contribution in [0.5, 0.6) is 17.2 Å². The number of aromatic carboxylic acids is 1. The number of hydrogen-bond donors (Lipinski definition) is 2. The largest absolute Gasteiger partial charge is 0.507 e. The molecule has 1 aliphatic rings. The standard InChI is InChI=1S/C25H31NO6/c1-15-9-16(2)14-26(13-15)23(28)12-20(17-5-7-18(8-6-17)25(29)30)24-21(27)10-19(31-3)11-22(24)32-4/h5-8,10-11,15-16,20,27H,9,12-14H2,1-4H3,(H,29,30). The Morgan fingerprint density at radius 2 is 1.69 bits per heavy atom. The van der Waals surface area contributed by atoms with Gasteiger partial charge in [0.25, 0.3) is 0 Å². The lowest BCUT2D eigenvalue weighted by atomic mass is 9.85. The second kappa shape index (κ2) is 9.94. The van der Waals surface area contributed by atoms with Gasteiger partial charge in [-0.15, -0.1) is 0 Å². The lowest BCUT2D eigenvalue weighted by Crippen LogP contribution is -2.43. The summed E-state index contributed by atoms with van der Waals surface area (Å²) >= 11 is 0. The number of piperidine rings is 1. The molecule has 1 aliphatic heterocycles. The second-order valence-corrected chi connectivity index (χ2v) is 8.69. The van der Waals surface area contributed by atoms with Crippen molar-refractivity contribution in [3.8, 4) is 17.2 Å². The summed E-state index contributed by atoms with van der Waals surface area (Å²) in [6.07, 6.45) is 1.22. The van der Waals surface area contributed by atoms with Crippen LogP contribution in [0.2, 0.25) is 0 Å². The molecule has 2 aromatic carbocycles. The number of aromatic hydroxyl groups is 1. The molecule has 7 nitrogen and oxygen atoms in total. The Morgan fingerprint density at radius 1 is 1.06 bits per heavy atom. The first-order valence-corrected chi connectivity index (χ1v) is 10.8. The summed E-state index contributed by atoms with van der Waals surface area (Å²) in [5.74, 6) is 0.119. The van der Waals surface area contributed by atoms with E-state index in [2.05, 4.69) is 13.8 Å². The molecule has 32 heavy (non-hydrogen) atoms. The number of phenols is 1. The molecule has 1 fully saturated rings. The number of rotatable bonds is 7. The quantitative estimate of drug-likeness (QED) is 0.671. The van der Waals surface area contributed by atoms with Gasteiger partial charge in [0.15, 0.2) is 0 Å². The third-order valence-corrected chi connectivity index (χ3v) is 6.06. The first-order valence-electron chi connectivity index (χ1n) is 10.8. The van der Waals surface area contributed by atoms with E-state index >= 15 is 0 Å². The molecule has 1 saturated heterocycles. The van der Waals surface area contributed by atoms with Crippen LogP contribution in [0.4, 0.5) is 0 Å². The highest BCUT2D eigenvalue weighted by molar-refractivity contribution is 5.87. The minimum atomic E-state index is -1.02. The molecule has 1 heterocycles. The molecule has 7 heteroatoms. The number of carboxylic acid groups (broad SMARTS) is 1. The number of ether oxygens (including phenoxy) is 2. The number of carbonyl (C=O) groups is 2. The number of benzene rings is 2. The maximum atomic E-state index is 13.3. The van der Waals surface area contributed by atoms with Gasteiger partial charge in [0.1, 0.15) is 17.2 Å². The highest BCUT2D eigenvalue weighted by Crippen LogP contribution is 2.43. The predicted octanol–water partition coefficient (Wildman–Crippen LogP) is 4.13. The van der Waals surface area contributed by atoms with Crippen molar-refractivity contribution in [1.29, 1.82) is 0 Å². The number of carboxylic acids is 1. The Bertz CT molecular complexity index is 961. The van der Waals surface area contributed by atoms with Crippen LogP contribution in [-0.2, 0) is 4.79 Å². The van der Waals surface area contributed by atoms with Gasteiger partial charge in [-0.3, -0.25) is 4.79 Å². The third kappa shape index (κ3) is 5.15. The van der Waals surface area contributed by atoms with E-state index in [-0.39, 0.29) is 23.6 Å². The van der Waals surface area contributed by atoms with Crippen LogP contribution in [0.15, 0.2) is 36.4 Å². The van der Waals surface area contributed by atoms with Crippen molar-refractivity contribution in [2.24, 2.45) is 11.8 Å². The molecule has 1 amide bonds. The summed E-state index contributed by atoms with van der Waals surface area (Å²) in [7, 11) is 3.00. The fourth-order valence-electron chi connectivity index (χ4n) is 4.64. The van der Waals surface area contributed by atoms with Crippen molar-refractivity contribution in [2.45, 2.75) is 32.6 Å². The SMILES string of the molecule is COc1cc(O)c(C(CC(=O)N2CC(C)CC(C)C2)c2ccc(C(=O)O)cc2)c(OC)c1. The molecule has 0 radical (unpaired) electrons. The molecular weight excluding hydrogens is 410 g/mol. The molecule has 0 spiro atoms. The molecule has 2 aromatic rings. The summed E-state index contributed by atoms with van der Waals surface area (Å²) in [5.41, 5.74) is 1.35. The molecule has 172 valence electrons. The number of phenolic OH excluding ortho intramolecular Hbond substituents is 1. The van der Waals surface area contributed by atoms with Crippen molar-refractivity contribution in [1.82, 2.24) is 4.90 Å². The Balaban J connectivity index is 2.02. The topological polar surface area (TPSA) is 96.3 Å². The minimum absolute atomic E-state index is 0.00650. The predicted molar refractivity (Wildman–Crippen MR) is 121 cm³/mol. The van der Waals surface area contributed by atoms with Crippen molar-refractivity contribution in [3.63, 3.8) is 0 Å². The molecule has 0 aliphatic carbocycles. The van der Waals surface area contributed by atoms with E-state index in [4.69, 9.17) is 9.47 Å². The second-order valence-electron chi connectivity index (χ2n) is 8.69. The van der Waals surface area contributed by atoms with Crippen LogP contribution >= 0.6 is 0 Å². The van der Waals surface area contributed by atoms with Gasteiger partial charge in [-0.05, 0) is 36.0 Å². The lowest BCUT2D eigenvalue weighted by Gasteiger charge is -2.36. The van der Waals surface area contributed by atoms with E-state index in [0.29, 0.717) is 42.0 Å². The Labute approximate surface area is 188 Å². The summed E-state index contributed by atoms with van der Waals surface area (Å²) in [6.45, 7) is 5.71. The van der Waals surface area contributed by atoms with E-state index in [1.165, 1.54) is 32.4 Å². The van der Waals surface area contributed by atoms with E-state index in [0.717, 1.165) is 12.0 Å². The zero-order chi connectivity index (χ0) is 23.4. The molecule has 3 atom stereocenters. The van der Waals surface area contributed by atoms with E-state index < -0.39 is 11.9 Å². The summed E-state index contributed by atoms with van der Waals surface area (Å²) in [6, 6.07) is 9.55. The summed E-state index contributed by atoms with van der Waals surface area (Å²) < 4.78 is 10.8. The number of likely N-dealkylation sites (tertiary alicyclic amines) is 1. The van der Waals surface area contributed by atoms with Crippen LogP contribution in [0.1, 0.15) is 54.1 Å². The molecule has 2 N–H and O–H groups in total. The zero-order valence-corrected chi connectivity index (χ0v) is 19.0. The minimum Gasteiger partial charge on any atom is -0.507 e. The van der Waals surface area contributed by atoms with Gasteiger partial charge in [-0.25, -0.2) is 4.79 Å². The fraction of sp³-hybridized carbons (Fsp3) is 0.440. The van der Waals surface area contributed by atoms with Crippen LogP contribution in [-0.4, -0.2) is 54.3 Å². The first kappa shape index (κ1) is 23.4. The van der Waals surface area contributed by atoms with Crippen LogP contribution < -0.4 is 9.47 Å². The number of methoxy groups -OCH3 is 2. The number of nitrogens with zero attached hydrogens (tertiary/aromatic N) is 1. The average Bonchev–Trinajstić information content (AvgIpc) is 2.76. The smallest absolute Gasteiger partial charge is 0.335 e. The Morgan fingerprint density at radius 3 is 2.22 bits per heavy atom. The Kier molecular flexibility index (Phi) is 7.28. The number of carbonyl (C=O) groups excluding carboxylic acids is 1. The van der Waals surface area contributed by atoms with Crippen molar-refractivity contribution in [2.75, 3.05) is 27.3 Å². The van der Waals surface area contributed by atoms with E-state index in [9.17, 15) is 19.8 Å². The molecule has 0 aromatic heterocycles. The van der Waals surface area contributed by atoms with Crippen LogP contribution in [0.25, 0.3) is 0 Å². The van der Waals surface area contributed by atoms with Crippen molar-refractivity contribution < 1.29 is 29.3 Å². The lowest BCUT2D eigenvalue weighted by molar-refractivity contribution is -0.134. The van der Waals surface area contributed by atoms with Gasteiger partial charge >= 0.3 is 5.97 Å². The summed E-state index contributed by atoms with van der Waals surface area (Å²) in [4.78, 5) is 26.5. The molecule has 0 bridgehead atoms. The highest BCUT2D eigenvalue weighted by atomic mass is 16.5. The van der Waals surface area contributed by atoms with Gasteiger partial charge in [-0.1, -0.05) is 26.0 Å². The van der Waals surface area contributed by atoms with Gasteiger partial charge in [0.05, 0.1) is 19.8 Å². The van der Waals surface area contributed by atoms with E-state index in [1.54, 1.807) is 18.2 Å². The van der Waals surface area contributed by atoms with Gasteiger partial charge < -0.3 is 24.6 Å². The number of hydrogen-bond acceptors (Lipinski definition) is 5. The highest BCUT2D eigenvalue weighted by Gasteiger charge is 2.31.